The molecule has 32 heavy (non-hydrogen) atoms. The van der Waals surface area contributed by atoms with E-state index in [0.717, 1.165) is 0 Å². The Morgan fingerprint density at radius 1 is 1.06 bits per heavy atom. The smallest absolute Gasteiger partial charge is 0.409 e. The van der Waals surface area contributed by atoms with Crippen LogP contribution in [-0.2, 0) is 4.74 Å². The molecule has 7 nitrogen and oxygen atoms in total. The largest absolute Gasteiger partial charge is 0.450 e. The zero-order chi connectivity index (χ0) is 22.7. The van der Waals surface area contributed by atoms with Gasteiger partial charge in [-0.05, 0) is 50.1 Å². The number of ether oxygens (including phenoxy) is 1. The number of halogens is 1. The lowest BCUT2D eigenvalue weighted by atomic mass is 10.0. The Morgan fingerprint density at radius 2 is 1.81 bits per heavy atom. The molecule has 2 aromatic carbocycles. The van der Waals surface area contributed by atoms with Gasteiger partial charge in [-0.2, -0.15) is 0 Å². The summed E-state index contributed by atoms with van der Waals surface area (Å²) in [6, 6.07) is 13.9. The van der Waals surface area contributed by atoms with E-state index in [2.05, 4.69) is 5.32 Å². The molecule has 0 saturated carbocycles. The number of fused-ring (bicyclic) bond motifs is 1. The molecule has 166 valence electrons. The van der Waals surface area contributed by atoms with Gasteiger partial charge in [-0.25, -0.2) is 4.79 Å². The minimum Gasteiger partial charge on any atom is -0.450 e. The third-order valence-electron chi connectivity index (χ3n) is 5.72. The molecule has 1 aliphatic heterocycles. The monoisotopic (exact) mass is 453 g/mol. The number of piperidine rings is 1. The van der Waals surface area contributed by atoms with Gasteiger partial charge in [-0.1, -0.05) is 29.8 Å². The van der Waals surface area contributed by atoms with Crippen molar-refractivity contribution in [3.63, 3.8) is 0 Å². The fourth-order valence-corrected chi connectivity index (χ4v) is 4.29. The molecule has 0 radical (unpaired) electrons. The topological polar surface area (TPSA) is 80.6 Å². The lowest BCUT2D eigenvalue weighted by Gasteiger charge is -2.32. The predicted molar refractivity (Wildman–Crippen MR) is 124 cm³/mol. The number of aromatic nitrogens is 1. The van der Waals surface area contributed by atoms with Crippen LogP contribution in [0.2, 0.25) is 5.02 Å². The summed E-state index contributed by atoms with van der Waals surface area (Å²) in [6.45, 7) is 3.21. The number of carbonyl (C=O) groups excluding carboxylic acids is 2. The van der Waals surface area contributed by atoms with Gasteiger partial charge in [0.2, 0.25) is 0 Å². The van der Waals surface area contributed by atoms with Gasteiger partial charge < -0.3 is 19.5 Å². The average Bonchev–Trinajstić information content (AvgIpc) is 2.80. The molecule has 2 amide bonds. The zero-order valence-electron chi connectivity index (χ0n) is 17.7. The van der Waals surface area contributed by atoms with Crippen LogP contribution in [0.5, 0.6) is 0 Å². The Bertz CT molecular complexity index is 1220. The summed E-state index contributed by atoms with van der Waals surface area (Å²) >= 11 is 6.14. The second-order valence-corrected chi connectivity index (χ2v) is 8.05. The average molecular weight is 454 g/mol. The molecule has 8 heteroatoms. The highest BCUT2D eigenvalue weighted by Crippen LogP contribution is 2.26. The van der Waals surface area contributed by atoms with Crippen molar-refractivity contribution in [1.29, 1.82) is 0 Å². The number of amides is 2. The van der Waals surface area contributed by atoms with Crippen LogP contribution in [0.3, 0.4) is 0 Å². The third kappa shape index (κ3) is 4.34. The molecule has 1 aromatic heterocycles. The highest BCUT2D eigenvalue weighted by atomic mass is 35.5. The summed E-state index contributed by atoms with van der Waals surface area (Å²) < 4.78 is 6.79. The van der Waals surface area contributed by atoms with Crippen LogP contribution < -0.4 is 10.9 Å². The second kappa shape index (κ2) is 9.44. The van der Waals surface area contributed by atoms with Gasteiger partial charge >= 0.3 is 6.09 Å². The quantitative estimate of drug-likeness (QED) is 0.620. The molecule has 3 aromatic rings. The molecule has 0 bridgehead atoms. The van der Waals surface area contributed by atoms with Crippen LogP contribution in [0, 0.1) is 0 Å². The number of hydrogen-bond donors (Lipinski definition) is 1. The van der Waals surface area contributed by atoms with Gasteiger partial charge in [0.1, 0.15) is 0 Å². The standard InChI is InChI=1S/C24H24ClN3O4/c1-2-32-24(31)27-13-10-16(11-14-27)28-15-12-17-18(23(28)30)7-5-9-21(17)26-22(29)19-6-3-4-8-20(19)25/h3-9,12,15-16H,2,10-11,13-14H2,1H3,(H,26,29). The van der Waals surface area contributed by atoms with Crippen molar-refractivity contribution < 1.29 is 14.3 Å². The number of benzene rings is 2. The van der Waals surface area contributed by atoms with Crippen LogP contribution in [-0.4, -0.2) is 41.2 Å². The van der Waals surface area contributed by atoms with Gasteiger partial charge in [0.15, 0.2) is 0 Å². The highest BCUT2D eigenvalue weighted by Gasteiger charge is 2.25. The van der Waals surface area contributed by atoms with Crippen molar-refractivity contribution >= 4 is 40.1 Å². The first-order chi connectivity index (χ1) is 15.5. The van der Waals surface area contributed by atoms with Crippen molar-refractivity contribution in [3.8, 4) is 0 Å². The van der Waals surface area contributed by atoms with E-state index in [4.69, 9.17) is 16.3 Å². The van der Waals surface area contributed by atoms with E-state index in [1.54, 1.807) is 65.1 Å². The van der Waals surface area contributed by atoms with Crippen molar-refractivity contribution in [1.82, 2.24) is 9.47 Å². The summed E-state index contributed by atoms with van der Waals surface area (Å²) in [6.07, 6.45) is 2.80. The first kappa shape index (κ1) is 21.9. The lowest BCUT2D eigenvalue weighted by molar-refractivity contribution is 0.0923. The maximum absolute atomic E-state index is 13.2. The lowest BCUT2D eigenvalue weighted by Crippen LogP contribution is -2.41. The Labute approximate surface area is 190 Å². The normalized spacial score (nSPS) is 14.4. The molecule has 0 unspecified atom stereocenters. The van der Waals surface area contributed by atoms with E-state index in [1.165, 1.54) is 0 Å². The molecule has 2 heterocycles. The fourth-order valence-electron chi connectivity index (χ4n) is 4.07. The molecule has 1 saturated heterocycles. The second-order valence-electron chi connectivity index (χ2n) is 7.65. The number of nitrogens with zero attached hydrogens (tertiary/aromatic N) is 2. The number of carbonyl (C=O) groups is 2. The van der Waals surface area contributed by atoms with Crippen LogP contribution in [0.4, 0.5) is 10.5 Å². The summed E-state index contributed by atoms with van der Waals surface area (Å²) in [5, 5.41) is 4.42. The van der Waals surface area contributed by atoms with Crippen LogP contribution in [0.25, 0.3) is 10.8 Å². The number of likely N-dealkylation sites (tertiary alicyclic amines) is 1. The number of nitrogens with one attached hydrogen (secondary N) is 1. The van der Waals surface area contributed by atoms with Crippen molar-refractivity contribution in [2.75, 3.05) is 25.0 Å². The molecule has 1 N–H and O–H groups in total. The predicted octanol–water partition coefficient (Wildman–Crippen LogP) is 4.70. The van der Waals surface area contributed by atoms with E-state index >= 15 is 0 Å². The third-order valence-corrected chi connectivity index (χ3v) is 6.05. The van der Waals surface area contributed by atoms with E-state index in [1.807, 2.05) is 6.07 Å². The van der Waals surface area contributed by atoms with E-state index < -0.39 is 0 Å². The molecular weight excluding hydrogens is 430 g/mol. The van der Waals surface area contributed by atoms with Crippen molar-refractivity contribution in [2.24, 2.45) is 0 Å². The van der Waals surface area contributed by atoms with E-state index in [9.17, 15) is 14.4 Å². The van der Waals surface area contributed by atoms with E-state index in [0.29, 0.717) is 59.6 Å². The Kier molecular flexibility index (Phi) is 6.46. The van der Waals surface area contributed by atoms with Gasteiger partial charge in [0.05, 0.1) is 17.2 Å². The summed E-state index contributed by atoms with van der Waals surface area (Å²) in [7, 11) is 0. The maximum Gasteiger partial charge on any atom is 0.409 e. The van der Waals surface area contributed by atoms with Crippen LogP contribution in [0.15, 0.2) is 59.5 Å². The van der Waals surface area contributed by atoms with Gasteiger partial charge in [0.25, 0.3) is 11.5 Å². The van der Waals surface area contributed by atoms with Gasteiger partial charge in [0, 0.05) is 41.8 Å². The minimum absolute atomic E-state index is 0.000973. The number of rotatable bonds is 4. The first-order valence-corrected chi connectivity index (χ1v) is 11.0. The molecule has 0 atom stereocenters. The minimum atomic E-state index is -0.335. The molecular formula is C24H24ClN3O4. The summed E-state index contributed by atoms with van der Waals surface area (Å²) in [4.78, 5) is 39.5. The summed E-state index contributed by atoms with van der Waals surface area (Å²) in [5.74, 6) is -0.335. The highest BCUT2D eigenvalue weighted by molar-refractivity contribution is 6.34. The Hall–Kier alpha value is -3.32. The molecule has 0 aliphatic carbocycles. The van der Waals surface area contributed by atoms with E-state index in [-0.39, 0.29) is 23.6 Å². The molecule has 1 aliphatic rings. The maximum atomic E-state index is 13.2. The number of anilines is 1. The van der Waals surface area contributed by atoms with Crippen molar-refractivity contribution in [3.05, 3.63) is 75.7 Å². The zero-order valence-corrected chi connectivity index (χ0v) is 18.5. The number of hydrogen-bond acceptors (Lipinski definition) is 4. The number of pyridine rings is 1. The Balaban J connectivity index is 1.57. The summed E-state index contributed by atoms with van der Waals surface area (Å²) in [5.41, 5.74) is 0.799. The van der Waals surface area contributed by atoms with Crippen LogP contribution >= 0.6 is 11.6 Å². The first-order valence-electron chi connectivity index (χ1n) is 10.6. The van der Waals surface area contributed by atoms with Gasteiger partial charge in [-0.3, -0.25) is 9.59 Å². The van der Waals surface area contributed by atoms with Crippen molar-refractivity contribution in [2.45, 2.75) is 25.8 Å². The fraction of sp³-hybridized carbons (Fsp3) is 0.292. The SMILES string of the molecule is CCOC(=O)N1CCC(n2ccc3c(NC(=O)c4ccccc4Cl)cccc3c2=O)CC1. The molecule has 4 rings (SSSR count). The Morgan fingerprint density at radius 3 is 2.53 bits per heavy atom. The molecule has 0 spiro atoms. The molecule has 1 fully saturated rings. The van der Waals surface area contributed by atoms with Crippen LogP contribution in [0.1, 0.15) is 36.2 Å². The van der Waals surface area contributed by atoms with Gasteiger partial charge in [-0.15, -0.1) is 0 Å².